The predicted octanol–water partition coefficient (Wildman–Crippen LogP) is 2.55. The number of halogens is 1. The molecule has 0 bridgehead atoms. The van der Waals surface area contributed by atoms with Crippen LogP contribution in [0.3, 0.4) is 0 Å². The summed E-state index contributed by atoms with van der Waals surface area (Å²) in [5.74, 6) is -0.443. The number of carbonyl (C=O) groups is 1. The normalized spacial score (nSPS) is 11.0. The van der Waals surface area contributed by atoms with Gasteiger partial charge in [-0.15, -0.1) is 0 Å². The Morgan fingerprint density at radius 3 is 2.76 bits per heavy atom. The minimum absolute atomic E-state index is 0.157. The summed E-state index contributed by atoms with van der Waals surface area (Å²) in [4.78, 5) is 11.6. The number of aromatic nitrogens is 2. The van der Waals surface area contributed by atoms with Crippen LogP contribution in [-0.2, 0) is 11.3 Å². The van der Waals surface area contributed by atoms with E-state index in [0.717, 1.165) is 24.2 Å². The van der Waals surface area contributed by atoms with Crippen molar-refractivity contribution in [2.75, 3.05) is 6.54 Å². The number of hydrogen-bond acceptors (Lipinski definition) is 2. The fourth-order valence-electron chi connectivity index (χ4n) is 1.85. The lowest BCUT2D eigenvalue weighted by molar-refractivity contribution is -0.116. The van der Waals surface area contributed by atoms with Crippen molar-refractivity contribution in [3.05, 3.63) is 59.7 Å². The second-order valence-corrected chi connectivity index (χ2v) is 4.75. The number of rotatable bonds is 6. The molecule has 2 rings (SSSR count). The molecule has 5 heteroatoms. The van der Waals surface area contributed by atoms with Crippen molar-refractivity contribution < 1.29 is 9.18 Å². The Morgan fingerprint density at radius 1 is 1.33 bits per heavy atom. The minimum atomic E-state index is -0.287. The van der Waals surface area contributed by atoms with Gasteiger partial charge < -0.3 is 5.32 Å². The fourth-order valence-corrected chi connectivity index (χ4v) is 1.85. The topological polar surface area (TPSA) is 46.9 Å². The van der Waals surface area contributed by atoms with Gasteiger partial charge in [0, 0.05) is 25.4 Å². The van der Waals surface area contributed by atoms with E-state index in [1.54, 1.807) is 18.2 Å². The first-order chi connectivity index (χ1) is 10.1. The molecule has 0 unspecified atom stereocenters. The first-order valence-electron chi connectivity index (χ1n) is 6.85. The summed E-state index contributed by atoms with van der Waals surface area (Å²) in [6.07, 6.45) is 5.85. The number of carbonyl (C=O) groups excluding carboxylic acids is 1. The van der Waals surface area contributed by atoms with Crippen molar-refractivity contribution in [3.63, 3.8) is 0 Å². The Kier molecular flexibility index (Phi) is 5.26. The molecule has 0 spiro atoms. The summed E-state index contributed by atoms with van der Waals surface area (Å²) < 4.78 is 14.6. The zero-order chi connectivity index (χ0) is 15.1. The monoisotopic (exact) mass is 287 g/mol. The number of aryl methyl sites for hydroxylation is 2. The van der Waals surface area contributed by atoms with Gasteiger partial charge in [0.2, 0.25) is 5.91 Å². The first-order valence-corrected chi connectivity index (χ1v) is 6.85. The Hall–Kier alpha value is -2.43. The van der Waals surface area contributed by atoms with Gasteiger partial charge >= 0.3 is 0 Å². The molecular weight excluding hydrogens is 269 g/mol. The standard InChI is InChI=1S/C16H18FN3O/c1-13-9-12-20(19-13)11-2-10-18-16(21)8-5-14-3-6-15(17)7-4-14/h3-9,12H,2,10-11H2,1H3,(H,18,21)/b8-5+. The Labute approximate surface area is 123 Å². The molecule has 0 saturated carbocycles. The van der Waals surface area contributed by atoms with Gasteiger partial charge in [-0.1, -0.05) is 12.1 Å². The van der Waals surface area contributed by atoms with Crippen molar-refractivity contribution in [2.45, 2.75) is 19.9 Å². The van der Waals surface area contributed by atoms with Crippen LogP contribution in [0.15, 0.2) is 42.6 Å². The average Bonchev–Trinajstić information content (AvgIpc) is 2.89. The highest BCUT2D eigenvalue weighted by molar-refractivity contribution is 5.91. The maximum absolute atomic E-state index is 12.7. The number of benzene rings is 1. The third-order valence-corrected chi connectivity index (χ3v) is 2.93. The van der Waals surface area contributed by atoms with Crippen LogP contribution in [0.25, 0.3) is 6.08 Å². The quantitative estimate of drug-likeness (QED) is 0.655. The highest BCUT2D eigenvalue weighted by Crippen LogP contribution is 2.04. The smallest absolute Gasteiger partial charge is 0.244 e. The summed E-state index contributed by atoms with van der Waals surface area (Å²) in [5, 5.41) is 7.07. The minimum Gasteiger partial charge on any atom is -0.352 e. The lowest BCUT2D eigenvalue weighted by Crippen LogP contribution is -2.23. The van der Waals surface area contributed by atoms with Crippen LogP contribution in [0.2, 0.25) is 0 Å². The van der Waals surface area contributed by atoms with Gasteiger partial charge in [-0.25, -0.2) is 4.39 Å². The summed E-state index contributed by atoms with van der Waals surface area (Å²) in [7, 11) is 0. The van der Waals surface area contributed by atoms with Gasteiger partial charge in [-0.3, -0.25) is 9.48 Å². The molecule has 2 aromatic rings. The van der Waals surface area contributed by atoms with Gasteiger partial charge in [0.1, 0.15) is 5.82 Å². The Balaban J connectivity index is 1.68. The molecule has 1 amide bonds. The molecule has 21 heavy (non-hydrogen) atoms. The van der Waals surface area contributed by atoms with Crippen molar-refractivity contribution in [1.29, 1.82) is 0 Å². The van der Waals surface area contributed by atoms with Gasteiger partial charge in [0.25, 0.3) is 0 Å². The zero-order valence-electron chi connectivity index (χ0n) is 11.9. The molecule has 4 nitrogen and oxygen atoms in total. The highest BCUT2D eigenvalue weighted by Gasteiger charge is 1.97. The second kappa shape index (κ2) is 7.38. The maximum Gasteiger partial charge on any atom is 0.244 e. The summed E-state index contributed by atoms with van der Waals surface area (Å²) in [5.41, 5.74) is 1.78. The molecule has 0 radical (unpaired) electrons. The van der Waals surface area contributed by atoms with Crippen LogP contribution in [0.4, 0.5) is 4.39 Å². The van der Waals surface area contributed by atoms with E-state index in [0.29, 0.717) is 6.54 Å². The van der Waals surface area contributed by atoms with Gasteiger partial charge in [0.15, 0.2) is 0 Å². The van der Waals surface area contributed by atoms with Gasteiger partial charge in [-0.05, 0) is 43.2 Å². The van der Waals surface area contributed by atoms with E-state index in [1.165, 1.54) is 18.2 Å². The molecule has 0 saturated heterocycles. The van der Waals surface area contributed by atoms with E-state index in [2.05, 4.69) is 10.4 Å². The van der Waals surface area contributed by atoms with E-state index in [-0.39, 0.29) is 11.7 Å². The van der Waals surface area contributed by atoms with Crippen LogP contribution >= 0.6 is 0 Å². The Morgan fingerprint density at radius 2 is 2.10 bits per heavy atom. The lowest BCUT2D eigenvalue weighted by Gasteiger charge is -2.03. The summed E-state index contributed by atoms with van der Waals surface area (Å²) in [6.45, 7) is 3.31. The van der Waals surface area contributed by atoms with Crippen molar-refractivity contribution in [2.24, 2.45) is 0 Å². The van der Waals surface area contributed by atoms with E-state index < -0.39 is 0 Å². The average molecular weight is 287 g/mol. The molecule has 0 atom stereocenters. The second-order valence-electron chi connectivity index (χ2n) is 4.75. The van der Waals surface area contributed by atoms with E-state index >= 15 is 0 Å². The van der Waals surface area contributed by atoms with Crippen molar-refractivity contribution >= 4 is 12.0 Å². The first kappa shape index (κ1) is 15.0. The van der Waals surface area contributed by atoms with Crippen LogP contribution in [0.5, 0.6) is 0 Å². The van der Waals surface area contributed by atoms with Crippen LogP contribution in [0, 0.1) is 12.7 Å². The van der Waals surface area contributed by atoms with E-state index in [4.69, 9.17) is 0 Å². The SMILES string of the molecule is Cc1ccn(CCCNC(=O)/C=C/c2ccc(F)cc2)n1. The van der Waals surface area contributed by atoms with E-state index in [9.17, 15) is 9.18 Å². The van der Waals surface area contributed by atoms with Crippen molar-refractivity contribution in [3.8, 4) is 0 Å². The summed E-state index contributed by atoms with van der Waals surface area (Å²) in [6, 6.07) is 7.93. The molecule has 1 aromatic heterocycles. The molecule has 1 aromatic carbocycles. The largest absolute Gasteiger partial charge is 0.352 e. The lowest BCUT2D eigenvalue weighted by atomic mass is 10.2. The number of amides is 1. The fraction of sp³-hybridized carbons (Fsp3) is 0.250. The van der Waals surface area contributed by atoms with Crippen LogP contribution in [0.1, 0.15) is 17.7 Å². The third-order valence-electron chi connectivity index (χ3n) is 2.93. The molecule has 0 aliphatic rings. The highest BCUT2D eigenvalue weighted by atomic mass is 19.1. The number of nitrogens with zero attached hydrogens (tertiary/aromatic N) is 2. The number of nitrogens with one attached hydrogen (secondary N) is 1. The zero-order valence-corrected chi connectivity index (χ0v) is 11.9. The third kappa shape index (κ3) is 5.22. The summed E-state index contributed by atoms with van der Waals surface area (Å²) >= 11 is 0. The van der Waals surface area contributed by atoms with Crippen LogP contribution in [-0.4, -0.2) is 22.2 Å². The molecular formula is C16H18FN3O. The van der Waals surface area contributed by atoms with Crippen LogP contribution < -0.4 is 5.32 Å². The Bertz CT molecular complexity index is 617. The van der Waals surface area contributed by atoms with Gasteiger partial charge in [-0.2, -0.15) is 5.10 Å². The maximum atomic E-state index is 12.7. The molecule has 0 aliphatic heterocycles. The molecule has 0 aliphatic carbocycles. The molecule has 110 valence electrons. The van der Waals surface area contributed by atoms with Gasteiger partial charge in [0.05, 0.1) is 5.69 Å². The molecule has 1 heterocycles. The number of hydrogen-bond donors (Lipinski definition) is 1. The predicted molar refractivity (Wildman–Crippen MR) is 80.0 cm³/mol. The molecule has 0 fully saturated rings. The molecule has 1 N–H and O–H groups in total. The van der Waals surface area contributed by atoms with E-state index in [1.807, 2.05) is 23.9 Å². The van der Waals surface area contributed by atoms with Crippen molar-refractivity contribution in [1.82, 2.24) is 15.1 Å².